The molecule has 0 aromatic carbocycles. The first-order chi connectivity index (χ1) is 8.29. The molecule has 2 fully saturated rings. The van der Waals surface area contributed by atoms with Gasteiger partial charge in [0.25, 0.3) is 0 Å². The van der Waals surface area contributed by atoms with Crippen molar-refractivity contribution >= 4 is 5.91 Å². The zero-order chi connectivity index (χ0) is 12.1. The van der Waals surface area contributed by atoms with E-state index in [9.17, 15) is 4.79 Å². The normalized spacial score (nSPS) is 21.1. The number of nitrogens with zero attached hydrogens (tertiary/aromatic N) is 1. The lowest BCUT2D eigenvalue weighted by Gasteiger charge is -2.28. The molecule has 0 bridgehead atoms. The maximum absolute atomic E-state index is 11.6. The Morgan fingerprint density at radius 2 is 1.88 bits per heavy atom. The van der Waals surface area contributed by atoms with Crippen LogP contribution in [-0.2, 0) is 4.79 Å². The summed E-state index contributed by atoms with van der Waals surface area (Å²) in [5.41, 5.74) is 5.65. The topological polar surface area (TPSA) is 58.4 Å². The first kappa shape index (κ1) is 12.8. The Morgan fingerprint density at radius 3 is 2.47 bits per heavy atom. The molecule has 3 N–H and O–H groups in total. The Labute approximate surface area is 104 Å². The monoisotopic (exact) mass is 239 g/mol. The number of rotatable bonds is 7. The van der Waals surface area contributed by atoms with Crippen molar-refractivity contribution in [1.29, 1.82) is 0 Å². The molecule has 98 valence electrons. The van der Waals surface area contributed by atoms with Crippen molar-refractivity contribution in [3.05, 3.63) is 0 Å². The average molecular weight is 239 g/mol. The lowest BCUT2D eigenvalue weighted by molar-refractivity contribution is -0.121. The first-order valence-corrected chi connectivity index (χ1v) is 7.03. The van der Waals surface area contributed by atoms with Crippen LogP contribution in [-0.4, -0.2) is 42.5 Å². The summed E-state index contributed by atoms with van der Waals surface area (Å²) < 4.78 is 0. The molecule has 0 unspecified atom stereocenters. The van der Waals surface area contributed by atoms with Crippen molar-refractivity contribution in [3.63, 3.8) is 0 Å². The van der Waals surface area contributed by atoms with Crippen LogP contribution in [0.4, 0.5) is 0 Å². The van der Waals surface area contributed by atoms with Crippen LogP contribution in [0, 0.1) is 0 Å². The number of hydrogen-bond acceptors (Lipinski definition) is 3. The molecule has 0 aliphatic heterocycles. The van der Waals surface area contributed by atoms with E-state index in [1.54, 1.807) is 0 Å². The smallest absolute Gasteiger partial charge is 0.221 e. The second-order valence-corrected chi connectivity index (χ2v) is 5.35. The van der Waals surface area contributed by atoms with Crippen LogP contribution in [0.15, 0.2) is 0 Å². The van der Waals surface area contributed by atoms with E-state index in [4.69, 9.17) is 5.73 Å². The number of carbonyl (C=O) groups excluding carboxylic acids is 1. The molecule has 0 atom stereocenters. The Kier molecular flexibility index (Phi) is 4.80. The molecular formula is C13H25N3O. The molecule has 1 amide bonds. The van der Waals surface area contributed by atoms with E-state index in [-0.39, 0.29) is 5.91 Å². The van der Waals surface area contributed by atoms with Crippen molar-refractivity contribution in [2.45, 2.75) is 57.0 Å². The molecule has 0 heterocycles. The number of amides is 1. The first-order valence-electron chi connectivity index (χ1n) is 7.03. The van der Waals surface area contributed by atoms with E-state index in [0.29, 0.717) is 25.0 Å². The Morgan fingerprint density at radius 1 is 1.18 bits per heavy atom. The van der Waals surface area contributed by atoms with Crippen molar-refractivity contribution < 1.29 is 4.79 Å². The van der Waals surface area contributed by atoms with Crippen LogP contribution < -0.4 is 11.1 Å². The van der Waals surface area contributed by atoms with Gasteiger partial charge in [-0.15, -0.1) is 0 Å². The van der Waals surface area contributed by atoms with Crippen LogP contribution >= 0.6 is 0 Å². The van der Waals surface area contributed by atoms with Gasteiger partial charge in [0.1, 0.15) is 0 Å². The minimum atomic E-state index is 0.215. The number of nitrogens with one attached hydrogen (secondary N) is 1. The fourth-order valence-corrected chi connectivity index (χ4v) is 2.68. The van der Waals surface area contributed by atoms with E-state index in [2.05, 4.69) is 10.2 Å². The van der Waals surface area contributed by atoms with Gasteiger partial charge in [-0.2, -0.15) is 0 Å². The van der Waals surface area contributed by atoms with Gasteiger partial charge in [0.05, 0.1) is 0 Å². The van der Waals surface area contributed by atoms with E-state index >= 15 is 0 Å². The summed E-state index contributed by atoms with van der Waals surface area (Å²) >= 11 is 0. The third-order valence-corrected chi connectivity index (χ3v) is 3.83. The van der Waals surface area contributed by atoms with Gasteiger partial charge >= 0.3 is 0 Å². The zero-order valence-corrected chi connectivity index (χ0v) is 10.7. The largest absolute Gasteiger partial charge is 0.353 e. The molecule has 0 aromatic rings. The summed E-state index contributed by atoms with van der Waals surface area (Å²) in [7, 11) is 0. The summed E-state index contributed by atoms with van der Waals surface area (Å²) in [5.74, 6) is 0.215. The highest BCUT2D eigenvalue weighted by molar-refractivity contribution is 5.76. The zero-order valence-electron chi connectivity index (χ0n) is 10.7. The molecule has 0 spiro atoms. The van der Waals surface area contributed by atoms with E-state index in [0.717, 1.165) is 13.1 Å². The molecule has 2 aliphatic rings. The second kappa shape index (κ2) is 6.36. The van der Waals surface area contributed by atoms with Gasteiger partial charge < -0.3 is 11.1 Å². The summed E-state index contributed by atoms with van der Waals surface area (Å²) in [5, 5.41) is 3.05. The third kappa shape index (κ3) is 4.28. The Hall–Kier alpha value is -0.610. The van der Waals surface area contributed by atoms with Crippen LogP contribution in [0.2, 0.25) is 0 Å². The SMILES string of the molecule is NCCN(CCC(=O)NC1CC1)C1CCCC1. The lowest BCUT2D eigenvalue weighted by Crippen LogP contribution is -2.40. The molecule has 0 saturated heterocycles. The Bertz CT molecular complexity index is 247. The van der Waals surface area contributed by atoms with Gasteiger partial charge in [-0.1, -0.05) is 12.8 Å². The summed E-state index contributed by atoms with van der Waals surface area (Å²) in [6, 6.07) is 1.16. The maximum atomic E-state index is 11.6. The van der Waals surface area contributed by atoms with Gasteiger partial charge in [0, 0.05) is 38.1 Å². The Balaban J connectivity index is 1.69. The molecular weight excluding hydrogens is 214 g/mol. The molecule has 2 aliphatic carbocycles. The highest BCUT2D eigenvalue weighted by atomic mass is 16.1. The minimum Gasteiger partial charge on any atom is -0.353 e. The van der Waals surface area contributed by atoms with Crippen molar-refractivity contribution in [1.82, 2.24) is 10.2 Å². The van der Waals surface area contributed by atoms with E-state index in [1.807, 2.05) is 0 Å². The van der Waals surface area contributed by atoms with Crippen LogP contribution in [0.5, 0.6) is 0 Å². The predicted molar refractivity (Wildman–Crippen MR) is 68.7 cm³/mol. The van der Waals surface area contributed by atoms with Crippen molar-refractivity contribution in [2.75, 3.05) is 19.6 Å². The predicted octanol–water partition coefficient (Wildman–Crippen LogP) is 0.858. The molecule has 4 nitrogen and oxygen atoms in total. The molecule has 2 rings (SSSR count). The molecule has 17 heavy (non-hydrogen) atoms. The fourth-order valence-electron chi connectivity index (χ4n) is 2.68. The summed E-state index contributed by atoms with van der Waals surface area (Å²) in [4.78, 5) is 14.1. The number of nitrogens with two attached hydrogens (primary N) is 1. The highest BCUT2D eigenvalue weighted by Crippen LogP contribution is 2.23. The van der Waals surface area contributed by atoms with Gasteiger partial charge in [-0.05, 0) is 25.7 Å². The maximum Gasteiger partial charge on any atom is 0.221 e. The molecule has 2 saturated carbocycles. The fraction of sp³-hybridized carbons (Fsp3) is 0.923. The molecule has 0 aromatic heterocycles. The van der Waals surface area contributed by atoms with Crippen molar-refractivity contribution in [3.8, 4) is 0 Å². The second-order valence-electron chi connectivity index (χ2n) is 5.35. The molecule has 0 radical (unpaired) electrons. The highest BCUT2D eigenvalue weighted by Gasteiger charge is 2.25. The quantitative estimate of drug-likeness (QED) is 0.693. The lowest BCUT2D eigenvalue weighted by atomic mass is 10.2. The van der Waals surface area contributed by atoms with Gasteiger partial charge in [0.15, 0.2) is 0 Å². The van der Waals surface area contributed by atoms with E-state index in [1.165, 1.54) is 38.5 Å². The summed E-state index contributed by atoms with van der Waals surface area (Å²) in [6.07, 6.45) is 8.20. The van der Waals surface area contributed by atoms with Crippen molar-refractivity contribution in [2.24, 2.45) is 5.73 Å². The number of carbonyl (C=O) groups is 1. The van der Waals surface area contributed by atoms with Gasteiger partial charge in [-0.25, -0.2) is 0 Å². The third-order valence-electron chi connectivity index (χ3n) is 3.83. The average Bonchev–Trinajstić information content (AvgIpc) is 2.96. The standard InChI is InChI=1S/C13H25N3O/c14-8-10-16(12-3-1-2-4-12)9-7-13(17)15-11-5-6-11/h11-12H,1-10,14H2,(H,15,17). The molecule has 4 heteroatoms. The minimum absolute atomic E-state index is 0.215. The van der Waals surface area contributed by atoms with Crippen LogP contribution in [0.3, 0.4) is 0 Å². The van der Waals surface area contributed by atoms with Gasteiger partial charge in [-0.3, -0.25) is 9.69 Å². The van der Waals surface area contributed by atoms with Crippen LogP contribution in [0.25, 0.3) is 0 Å². The van der Waals surface area contributed by atoms with E-state index < -0.39 is 0 Å². The van der Waals surface area contributed by atoms with Gasteiger partial charge in [0.2, 0.25) is 5.91 Å². The number of hydrogen-bond donors (Lipinski definition) is 2. The van der Waals surface area contributed by atoms with Crippen LogP contribution in [0.1, 0.15) is 44.9 Å². The summed E-state index contributed by atoms with van der Waals surface area (Å²) in [6.45, 7) is 2.50.